The lowest BCUT2D eigenvalue weighted by Gasteiger charge is -2.41. The Bertz CT molecular complexity index is 398. The molecule has 0 aliphatic heterocycles. The average Bonchev–Trinajstić information content (AvgIpc) is 2.19. The summed E-state index contributed by atoms with van der Waals surface area (Å²) in [4.78, 5) is 0. The van der Waals surface area contributed by atoms with Crippen molar-refractivity contribution in [3.63, 3.8) is 0 Å². The molecule has 3 N–H and O–H groups in total. The van der Waals surface area contributed by atoms with Gasteiger partial charge in [-0.2, -0.15) is 0 Å². The minimum Gasteiger partial charge on any atom is -0.505 e. The number of benzene rings is 1. The highest BCUT2D eigenvalue weighted by atomic mass is 19.2. The summed E-state index contributed by atoms with van der Waals surface area (Å²) in [6, 6.07) is 0.344. The second-order valence-electron chi connectivity index (χ2n) is 4.22. The SMILES string of the molecule is NCC1(c2c(O)c(F)cc(F)c2F)CCC1. The number of phenolic OH excluding ortho intramolecular Hbond substituents is 1. The zero-order valence-corrected chi connectivity index (χ0v) is 8.56. The van der Waals surface area contributed by atoms with Crippen LogP contribution in [0.4, 0.5) is 13.2 Å². The van der Waals surface area contributed by atoms with E-state index in [0.29, 0.717) is 18.9 Å². The molecule has 1 saturated carbocycles. The van der Waals surface area contributed by atoms with Gasteiger partial charge in [-0.3, -0.25) is 0 Å². The standard InChI is InChI=1S/C11H12F3NO/c12-6-4-7(13)10(16)8(9(6)14)11(5-15)2-1-3-11/h4,16H,1-3,5,15H2. The number of hydrogen-bond acceptors (Lipinski definition) is 2. The smallest absolute Gasteiger partial charge is 0.168 e. The van der Waals surface area contributed by atoms with Gasteiger partial charge in [0.05, 0.1) is 0 Å². The maximum atomic E-state index is 13.6. The molecule has 0 aromatic heterocycles. The van der Waals surface area contributed by atoms with Crippen LogP contribution >= 0.6 is 0 Å². The molecule has 88 valence electrons. The van der Waals surface area contributed by atoms with Gasteiger partial charge in [-0.1, -0.05) is 6.42 Å². The fourth-order valence-corrected chi connectivity index (χ4v) is 2.23. The Hall–Kier alpha value is -1.23. The molecule has 0 saturated heterocycles. The van der Waals surface area contributed by atoms with E-state index in [9.17, 15) is 18.3 Å². The Morgan fingerprint density at radius 3 is 2.31 bits per heavy atom. The fraction of sp³-hybridized carbons (Fsp3) is 0.455. The first-order valence-electron chi connectivity index (χ1n) is 5.09. The molecular formula is C11H12F3NO. The Balaban J connectivity index is 2.63. The van der Waals surface area contributed by atoms with Gasteiger partial charge in [0.25, 0.3) is 0 Å². The van der Waals surface area contributed by atoms with E-state index in [2.05, 4.69) is 0 Å². The zero-order valence-electron chi connectivity index (χ0n) is 8.56. The minimum atomic E-state index is -1.29. The lowest BCUT2D eigenvalue weighted by molar-refractivity contribution is 0.230. The summed E-state index contributed by atoms with van der Waals surface area (Å²) in [6.45, 7) is 0.0698. The molecule has 0 atom stereocenters. The van der Waals surface area contributed by atoms with Crippen molar-refractivity contribution >= 4 is 0 Å². The van der Waals surface area contributed by atoms with Gasteiger partial charge >= 0.3 is 0 Å². The van der Waals surface area contributed by atoms with Gasteiger partial charge in [0.2, 0.25) is 0 Å². The molecule has 1 aliphatic carbocycles. The van der Waals surface area contributed by atoms with Crippen LogP contribution in [0.15, 0.2) is 6.07 Å². The van der Waals surface area contributed by atoms with E-state index in [1.807, 2.05) is 0 Å². The van der Waals surface area contributed by atoms with Crippen LogP contribution in [0.2, 0.25) is 0 Å². The Morgan fingerprint density at radius 2 is 1.88 bits per heavy atom. The molecule has 1 fully saturated rings. The van der Waals surface area contributed by atoms with E-state index in [1.54, 1.807) is 0 Å². The van der Waals surface area contributed by atoms with Gasteiger partial charge in [0, 0.05) is 23.6 Å². The lowest BCUT2D eigenvalue weighted by atomic mass is 9.64. The largest absolute Gasteiger partial charge is 0.505 e. The van der Waals surface area contributed by atoms with Crippen LogP contribution in [0.25, 0.3) is 0 Å². The fourth-order valence-electron chi connectivity index (χ4n) is 2.23. The van der Waals surface area contributed by atoms with E-state index in [1.165, 1.54) is 0 Å². The third-order valence-electron chi connectivity index (χ3n) is 3.38. The summed E-state index contributed by atoms with van der Waals surface area (Å²) in [6.07, 6.45) is 1.89. The average molecular weight is 231 g/mol. The maximum Gasteiger partial charge on any atom is 0.168 e. The summed E-state index contributed by atoms with van der Waals surface area (Å²) >= 11 is 0. The Kier molecular flexibility index (Phi) is 2.58. The molecule has 1 aromatic carbocycles. The van der Waals surface area contributed by atoms with Crippen LogP contribution in [-0.4, -0.2) is 11.7 Å². The molecule has 1 aliphatic rings. The Labute approximate surface area is 90.9 Å². The molecule has 0 unspecified atom stereocenters. The molecule has 2 nitrogen and oxygen atoms in total. The van der Waals surface area contributed by atoms with Crippen LogP contribution in [-0.2, 0) is 5.41 Å². The molecule has 0 amide bonds. The van der Waals surface area contributed by atoms with E-state index in [-0.39, 0.29) is 12.1 Å². The Morgan fingerprint density at radius 1 is 1.25 bits per heavy atom. The second-order valence-corrected chi connectivity index (χ2v) is 4.22. The second kappa shape index (κ2) is 3.66. The van der Waals surface area contributed by atoms with E-state index >= 15 is 0 Å². The third kappa shape index (κ3) is 1.38. The number of hydrogen-bond donors (Lipinski definition) is 2. The molecule has 0 radical (unpaired) electrons. The van der Waals surface area contributed by atoms with Gasteiger partial charge < -0.3 is 10.8 Å². The molecule has 0 bridgehead atoms. The zero-order chi connectivity index (χ0) is 11.9. The summed E-state index contributed by atoms with van der Waals surface area (Å²) in [5, 5.41) is 9.50. The van der Waals surface area contributed by atoms with Crippen LogP contribution < -0.4 is 5.73 Å². The number of nitrogens with two attached hydrogens (primary N) is 1. The molecule has 0 heterocycles. The monoisotopic (exact) mass is 231 g/mol. The molecule has 0 spiro atoms. The predicted molar refractivity (Wildman–Crippen MR) is 52.6 cm³/mol. The number of rotatable bonds is 2. The van der Waals surface area contributed by atoms with Crippen LogP contribution in [0.1, 0.15) is 24.8 Å². The summed E-state index contributed by atoms with van der Waals surface area (Å²) in [5.41, 5.74) is 4.40. The van der Waals surface area contributed by atoms with Crippen molar-refractivity contribution in [2.45, 2.75) is 24.7 Å². The first-order chi connectivity index (χ1) is 7.52. The maximum absolute atomic E-state index is 13.6. The molecule has 16 heavy (non-hydrogen) atoms. The topological polar surface area (TPSA) is 46.2 Å². The quantitative estimate of drug-likeness (QED) is 0.766. The van der Waals surface area contributed by atoms with E-state index in [4.69, 9.17) is 5.73 Å². The van der Waals surface area contributed by atoms with Crippen LogP contribution in [0.5, 0.6) is 5.75 Å². The minimum absolute atomic E-state index is 0.0698. The van der Waals surface area contributed by atoms with Crippen LogP contribution in [0, 0.1) is 17.5 Å². The molecular weight excluding hydrogens is 219 g/mol. The predicted octanol–water partition coefficient (Wildman–Crippen LogP) is 2.19. The summed E-state index contributed by atoms with van der Waals surface area (Å²) < 4.78 is 39.8. The van der Waals surface area contributed by atoms with Gasteiger partial charge in [-0.05, 0) is 12.8 Å². The summed E-state index contributed by atoms with van der Waals surface area (Å²) in [5.74, 6) is -4.44. The first-order valence-corrected chi connectivity index (χ1v) is 5.09. The molecule has 1 aromatic rings. The van der Waals surface area contributed by atoms with Crippen molar-refractivity contribution in [3.05, 3.63) is 29.1 Å². The number of phenols is 1. The highest BCUT2D eigenvalue weighted by molar-refractivity contribution is 5.43. The third-order valence-corrected chi connectivity index (χ3v) is 3.38. The highest BCUT2D eigenvalue weighted by Gasteiger charge is 2.43. The molecule has 2 rings (SSSR count). The van der Waals surface area contributed by atoms with Gasteiger partial charge in [0.1, 0.15) is 0 Å². The van der Waals surface area contributed by atoms with Gasteiger partial charge in [0.15, 0.2) is 23.2 Å². The van der Waals surface area contributed by atoms with E-state index < -0.39 is 28.6 Å². The highest BCUT2D eigenvalue weighted by Crippen LogP contribution is 2.48. The number of aromatic hydroxyl groups is 1. The van der Waals surface area contributed by atoms with Crippen molar-refractivity contribution in [1.29, 1.82) is 0 Å². The van der Waals surface area contributed by atoms with Crippen molar-refractivity contribution in [3.8, 4) is 5.75 Å². The van der Waals surface area contributed by atoms with Crippen molar-refractivity contribution in [2.75, 3.05) is 6.54 Å². The van der Waals surface area contributed by atoms with Crippen LogP contribution in [0.3, 0.4) is 0 Å². The van der Waals surface area contributed by atoms with Gasteiger partial charge in [-0.25, -0.2) is 13.2 Å². The van der Waals surface area contributed by atoms with Crippen molar-refractivity contribution in [1.82, 2.24) is 0 Å². The van der Waals surface area contributed by atoms with Crippen molar-refractivity contribution < 1.29 is 18.3 Å². The van der Waals surface area contributed by atoms with Gasteiger partial charge in [-0.15, -0.1) is 0 Å². The number of halogens is 3. The van der Waals surface area contributed by atoms with Crippen molar-refractivity contribution in [2.24, 2.45) is 5.73 Å². The molecule has 5 heteroatoms. The summed E-state index contributed by atoms with van der Waals surface area (Å²) in [7, 11) is 0. The van der Waals surface area contributed by atoms with E-state index in [0.717, 1.165) is 6.42 Å². The first kappa shape index (κ1) is 11.3. The normalized spacial score (nSPS) is 18.2. The lowest BCUT2D eigenvalue weighted by Crippen LogP contribution is -2.42.